The number of benzene rings is 2. The Labute approximate surface area is 158 Å². The Hall–Kier alpha value is -2.54. The van der Waals surface area contributed by atoms with Crippen molar-refractivity contribution in [2.45, 2.75) is 25.4 Å². The van der Waals surface area contributed by atoms with E-state index in [1.807, 2.05) is 24.3 Å². The molecule has 2 heterocycles. The summed E-state index contributed by atoms with van der Waals surface area (Å²) in [5.41, 5.74) is 1.30. The first kappa shape index (κ1) is 16.9. The minimum Gasteiger partial charge on any atom is -0.337 e. The first-order valence-electron chi connectivity index (χ1n) is 8.24. The first-order chi connectivity index (χ1) is 12.6. The van der Waals surface area contributed by atoms with E-state index in [4.69, 9.17) is 4.52 Å². The highest BCUT2D eigenvalue weighted by atomic mass is 79.9. The summed E-state index contributed by atoms with van der Waals surface area (Å²) >= 11 is 3.39. The summed E-state index contributed by atoms with van der Waals surface area (Å²) in [6, 6.07) is 13.7. The molecule has 1 amide bonds. The zero-order valence-electron chi connectivity index (χ0n) is 13.7. The molecular weight excluding hydrogens is 401 g/mol. The average Bonchev–Trinajstić information content (AvgIpc) is 3.25. The molecule has 1 aromatic heterocycles. The van der Waals surface area contributed by atoms with Crippen molar-refractivity contribution in [2.24, 2.45) is 0 Å². The highest BCUT2D eigenvalue weighted by Gasteiger charge is 2.36. The van der Waals surface area contributed by atoms with Crippen molar-refractivity contribution < 1.29 is 13.7 Å². The van der Waals surface area contributed by atoms with E-state index in [-0.39, 0.29) is 24.3 Å². The third-order valence-corrected chi connectivity index (χ3v) is 4.98. The van der Waals surface area contributed by atoms with E-state index < -0.39 is 0 Å². The van der Waals surface area contributed by atoms with Gasteiger partial charge in [0.2, 0.25) is 17.6 Å². The van der Waals surface area contributed by atoms with Gasteiger partial charge in [-0.25, -0.2) is 4.39 Å². The van der Waals surface area contributed by atoms with Gasteiger partial charge in [-0.3, -0.25) is 4.79 Å². The van der Waals surface area contributed by atoms with Gasteiger partial charge in [-0.15, -0.1) is 0 Å². The normalized spacial score (nSPS) is 17.1. The molecule has 5 nitrogen and oxygen atoms in total. The van der Waals surface area contributed by atoms with Crippen molar-refractivity contribution in [3.63, 3.8) is 0 Å². The monoisotopic (exact) mass is 415 g/mol. The molecule has 0 saturated carbocycles. The lowest BCUT2D eigenvalue weighted by Gasteiger charge is -2.22. The second-order valence-electron chi connectivity index (χ2n) is 6.13. The molecular formula is C19H15BrFN3O2. The lowest BCUT2D eigenvalue weighted by Crippen LogP contribution is -2.27. The van der Waals surface area contributed by atoms with Crippen LogP contribution in [-0.2, 0) is 11.3 Å². The average molecular weight is 416 g/mol. The Kier molecular flexibility index (Phi) is 4.55. The van der Waals surface area contributed by atoms with E-state index >= 15 is 0 Å². The molecule has 1 saturated heterocycles. The van der Waals surface area contributed by atoms with Crippen LogP contribution in [0.2, 0.25) is 0 Å². The molecule has 1 atom stereocenters. The van der Waals surface area contributed by atoms with Crippen molar-refractivity contribution in [3.05, 3.63) is 70.3 Å². The van der Waals surface area contributed by atoms with Crippen molar-refractivity contribution in [1.82, 2.24) is 15.0 Å². The van der Waals surface area contributed by atoms with Gasteiger partial charge in [-0.1, -0.05) is 39.3 Å². The lowest BCUT2D eigenvalue weighted by atomic mass is 10.1. The quantitative estimate of drug-likeness (QED) is 0.629. The molecule has 26 heavy (non-hydrogen) atoms. The summed E-state index contributed by atoms with van der Waals surface area (Å²) in [5, 5.41) is 4.03. The summed E-state index contributed by atoms with van der Waals surface area (Å²) in [6.45, 7) is 0.187. The van der Waals surface area contributed by atoms with E-state index in [1.165, 1.54) is 6.07 Å². The molecule has 1 aliphatic rings. The predicted octanol–water partition coefficient (Wildman–Crippen LogP) is 4.50. The Bertz CT molecular complexity index is 942. The maximum Gasteiger partial charge on any atom is 0.249 e. The van der Waals surface area contributed by atoms with Crippen LogP contribution in [-0.4, -0.2) is 20.9 Å². The van der Waals surface area contributed by atoms with Crippen LogP contribution in [0.5, 0.6) is 0 Å². The van der Waals surface area contributed by atoms with Crippen LogP contribution in [0.4, 0.5) is 4.39 Å². The van der Waals surface area contributed by atoms with Crippen LogP contribution in [0, 0.1) is 5.82 Å². The zero-order chi connectivity index (χ0) is 18.1. The molecule has 7 heteroatoms. The standard InChI is InChI=1S/C19H15BrFN3O2/c20-14-7-5-12(6-8-14)18-22-19(26-23-18)16-9-10-17(25)24(16)11-13-3-1-2-4-15(13)21/h1-8,16H,9-11H2. The predicted molar refractivity (Wildman–Crippen MR) is 96.4 cm³/mol. The van der Waals surface area contributed by atoms with Gasteiger partial charge in [0.15, 0.2) is 0 Å². The first-order valence-corrected chi connectivity index (χ1v) is 9.03. The minimum atomic E-state index is -0.334. The molecule has 4 rings (SSSR count). The molecule has 1 aliphatic heterocycles. The summed E-state index contributed by atoms with van der Waals surface area (Å²) in [5.74, 6) is 0.483. The molecule has 0 bridgehead atoms. The van der Waals surface area contributed by atoms with Crippen LogP contribution >= 0.6 is 15.9 Å². The zero-order valence-corrected chi connectivity index (χ0v) is 15.3. The number of hydrogen-bond donors (Lipinski definition) is 0. The number of halogens is 2. The van der Waals surface area contributed by atoms with E-state index in [1.54, 1.807) is 23.1 Å². The van der Waals surface area contributed by atoms with Crippen molar-refractivity contribution in [1.29, 1.82) is 0 Å². The van der Waals surface area contributed by atoms with E-state index in [9.17, 15) is 9.18 Å². The van der Waals surface area contributed by atoms with E-state index in [2.05, 4.69) is 26.1 Å². The second kappa shape index (κ2) is 6.99. The Morgan fingerprint density at radius 3 is 2.73 bits per heavy atom. The molecule has 0 radical (unpaired) electrons. The molecule has 1 unspecified atom stereocenters. The Morgan fingerprint density at radius 1 is 1.19 bits per heavy atom. The largest absolute Gasteiger partial charge is 0.337 e. The number of amides is 1. The van der Waals surface area contributed by atoms with Gasteiger partial charge >= 0.3 is 0 Å². The van der Waals surface area contributed by atoms with Gasteiger partial charge in [-0.2, -0.15) is 4.98 Å². The maximum absolute atomic E-state index is 14.0. The Balaban J connectivity index is 1.59. The Morgan fingerprint density at radius 2 is 1.96 bits per heavy atom. The molecule has 0 N–H and O–H groups in total. The van der Waals surface area contributed by atoms with Gasteiger partial charge in [-0.05, 0) is 36.8 Å². The topological polar surface area (TPSA) is 59.2 Å². The molecule has 0 aliphatic carbocycles. The molecule has 3 aromatic rings. The van der Waals surface area contributed by atoms with Crippen molar-refractivity contribution in [3.8, 4) is 11.4 Å². The molecule has 2 aromatic carbocycles. The van der Waals surface area contributed by atoms with Crippen LogP contribution in [0.3, 0.4) is 0 Å². The van der Waals surface area contributed by atoms with Crippen molar-refractivity contribution in [2.75, 3.05) is 0 Å². The number of aromatic nitrogens is 2. The smallest absolute Gasteiger partial charge is 0.249 e. The van der Waals surface area contributed by atoms with Gasteiger partial charge < -0.3 is 9.42 Å². The van der Waals surface area contributed by atoms with Crippen LogP contribution in [0.1, 0.15) is 30.3 Å². The lowest BCUT2D eigenvalue weighted by molar-refractivity contribution is -0.130. The fraction of sp³-hybridized carbons (Fsp3) is 0.211. The molecule has 132 valence electrons. The highest BCUT2D eigenvalue weighted by molar-refractivity contribution is 9.10. The number of likely N-dealkylation sites (tertiary alicyclic amines) is 1. The third-order valence-electron chi connectivity index (χ3n) is 4.46. The fourth-order valence-corrected chi connectivity index (χ4v) is 3.35. The van der Waals surface area contributed by atoms with E-state index in [0.29, 0.717) is 30.1 Å². The number of hydrogen-bond acceptors (Lipinski definition) is 4. The number of nitrogens with zero attached hydrogens (tertiary/aromatic N) is 3. The number of carbonyl (C=O) groups excluding carboxylic acids is 1. The SMILES string of the molecule is O=C1CCC(c2nc(-c3ccc(Br)cc3)no2)N1Cc1ccccc1F. The summed E-state index contributed by atoms with van der Waals surface area (Å²) in [7, 11) is 0. The van der Waals surface area contributed by atoms with Crippen molar-refractivity contribution >= 4 is 21.8 Å². The van der Waals surface area contributed by atoms with Crippen LogP contribution < -0.4 is 0 Å². The maximum atomic E-state index is 14.0. The highest BCUT2D eigenvalue weighted by Crippen LogP contribution is 2.34. The van der Waals surface area contributed by atoms with Crippen LogP contribution in [0.25, 0.3) is 11.4 Å². The van der Waals surface area contributed by atoms with Crippen LogP contribution in [0.15, 0.2) is 57.5 Å². The summed E-state index contributed by atoms with van der Waals surface area (Å²) in [4.78, 5) is 18.4. The third kappa shape index (κ3) is 3.26. The number of rotatable bonds is 4. The van der Waals surface area contributed by atoms with Gasteiger partial charge in [0.1, 0.15) is 11.9 Å². The fourth-order valence-electron chi connectivity index (χ4n) is 3.09. The minimum absolute atomic E-state index is 0.0401. The number of carbonyl (C=O) groups is 1. The summed E-state index contributed by atoms with van der Waals surface area (Å²) in [6.07, 6.45) is 0.963. The van der Waals surface area contributed by atoms with Gasteiger partial charge in [0.05, 0.1) is 0 Å². The van der Waals surface area contributed by atoms with Gasteiger partial charge in [0, 0.05) is 28.6 Å². The molecule has 0 spiro atoms. The summed E-state index contributed by atoms with van der Waals surface area (Å²) < 4.78 is 20.3. The van der Waals surface area contributed by atoms with Gasteiger partial charge in [0.25, 0.3) is 0 Å². The molecule has 1 fully saturated rings. The second-order valence-corrected chi connectivity index (χ2v) is 7.05. The van der Waals surface area contributed by atoms with E-state index in [0.717, 1.165) is 10.0 Å².